The molecule has 5 unspecified atom stereocenters. The van der Waals surface area contributed by atoms with E-state index in [0.717, 1.165) is 22.3 Å². The average Bonchev–Trinajstić information content (AvgIpc) is 3.39. The first-order chi connectivity index (χ1) is 33.9. The van der Waals surface area contributed by atoms with E-state index in [2.05, 4.69) is 0 Å². The van der Waals surface area contributed by atoms with Gasteiger partial charge in [-0.1, -0.05) is 158 Å². The number of esters is 3. The van der Waals surface area contributed by atoms with Crippen LogP contribution in [0, 0.1) is 0 Å². The Hall–Kier alpha value is -6.55. The standard InChI is InChI=1S/C56H56O13/c1-39(57)66-52-50(63-34-42-24-12-4-13-25-42)47(36-60-32-40-20-8-2-9-21-40)67-56(53(52)64-35-43-26-14-5-15-27-43)68-48-38-61-46(37-65-54(58)44-28-16-6-17-29-44)51(69-55(59)45-30-18-7-19-31-45)49(48)62-33-41-22-10-3-11-23-41/h2-31,46-53,56H,32-38H2,1H3/t46-,47?,48?,49+,50+,51?,52?,53?,56+/m0/s1. The van der Waals surface area contributed by atoms with Gasteiger partial charge in [-0.2, -0.15) is 0 Å². The number of benzene rings is 6. The first kappa shape index (κ1) is 48.9. The fraction of sp³-hybridized carbons (Fsp3) is 0.304. The smallest absolute Gasteiger partial charge is 0.338 e. The van der Waals surface area contributed by atoms with E-state index >= 15 is 0 Å². The van der Waals surface area contributed by atoms with E-state index in [1.807, 2.05) is 121 Å². The maximum absolute atomic E-state index is 14.0. The van der Waals surface area contributed by atoms with Crippen LogP contribution in [-0.4, -0.2) is 92.9 Å². The summed E-state index contributed by atoms with van der Waals surface area (Å²) in [5.74, 6) is -1.81. The molecule has 6 aromatic carbocycles. The van der Waals surface area contributed by atoms with Gasteiger partial charge in [0, 0.05) is 6.92 Å². The summed E-state index contributed by atoms with van der Waals surface area (Å²) in [5.41, 5.74) is 4.15. The van der Waals surface area contributed by atoms with E-state index in [0.29, 0.717) is 5.56 Å². The lowest BCUT2D eigenvalue weighted by atomic mass is 9.96. The van der Waals surface area contributed by atoms with Gasteiger partial charge in [0.2, 0.25) is 0 Å². The van der Waals surface area contributed by atoms with Crippen LogP contribution in [0.2, 0.25) is 0 Å². The van der Waals surface area contributed by atoms with Crippen molar-refractivity contribution in [1.29, 1.82) is 0 Å². The van der Waals surface area contributed by atoms with E-state index in [4.69, 9.17) is 47.4 Å². The minimum Gasteiger partial charge on any atom is -0.459 e. The molecule has 2 aliphatic rings. The zero-order chi connectivity index (χ0) is 47.6. The van der Waals surface area contributed by atoms with Crippen LogP contribution in [0.3, 0.4) is 0 Å². The summed E-state index contributed by atoms with van der Waals surface area (Å²) in [5, 5.41) is 0. The molecule has 2 heterocycles. The van der Waals surface area contributed by atoms with Gasteiger partial charge in [0.1, 0.15) is 43.2 Å². The Kier molecular flexibility index (Phi) is 17.8. The van der Waals surface area contributed by atoms with Crippen LogP contribution < -0.4 is 0 Å². The zero-order valence-corrected chi connectivity index (χ0v) is 38.3. The van der Waals surface area contributed by atoms with Crippen molar-refractivity contribution in [3.05, 3.63) is 215 Å². The first-order valence-electron chi connectivity index (χ1n) is 23.0. The number of carbonyl (C=O) groups excluding carboxylic acids is 3. The van der Waals surface area contributed by atoms with Gasteiger partial charge in [-0.3, -0.25) is 4.79 Å². The van der Waals surface area contributed by atoms with Gasteiger partial charge >= 0.3 is 17.9 Å². The molecule has 0 aromatic heterocycles. The van der Waals surface area contributed by atoms with Gasteiger partial charge in [-0.15, -0.1) is 0 Å². The Labute approximate surface area is 402 Å². The van der Waals surface area contributed by atoms with Crippen molar-refractivity contribution in [3.8, 4) is 0 Å². The highest BCUT2D eigenvalue weighted by molar-refractivity contribution is 5.90. The fourth-order valence-corrected chi connectivity index (χ4v) is 8.18. The SMILES string of the molecule is CC(=O)OC1C(OCc2ccccc2)[C@@H](OC2CO[C@@H](COC(=O)c3ccccc3)C(OC(=O)c3ccccc3)[C@@H]2OCc2ccccc2)OC(COCc2ccccc2)[C@H]1OCc1ccccc1. The lowest BCUT2D eigenvalue weighted by Gasteiger charge is -2.48. The highest BCUT2D eigenvalue weighted by atomic mass is 16.7. The van der Waals surface area contributed by atoms with Crippen LogP contribution in [0.1, 0.15) is 49.9 Å². The number of hydrogen-bond donors (Lipinski definition) is 0. The Morgan fingerprint density at radius 1 is 0.464 bits per heavy atom. The molecule has 2 aliphatic heterocycles. The molecule has 8 rings (SSSR count). The molecule has 13 nitrogen and oxygen atoms in total. The topological polar surface area (TPSA) is 144 Å². The van der Waals surface area contributed by atoms with Crippen LogP contribution in [0.5, 0.6) is 0 Å². The number of rotatable bonds is 21. The quantitative estimate of drug-likeness (QED) is 0.0503. The molecule has 9 atom stereocenters. The monoisotopic (exact) mass is 936 g/mol. The summed E-state index contributed by atoms with van der Waals surface area (Å²) in [7, 11) is 0. The maximum Gasteiger partial charge on any atom is 0.338 e. The van der Waals surface area contributed by atoms with E-state index in [9.17, 15) is 14.4 Å². The van der Waals surface area contributed by atoms with E-state index in [-0.39, 0.29) is 51.8 Å². The predicted molar refractivity (Wildman–Crippen MR) is 252 cm³/mol. The van der Waals surface area contributed by atoms with Crippen LogP contribution >= 0.6 is 0 Å². The molecule has 6 aromatic rings. The van der Waals surface area contributed by atoms with E-state index in [1.54, 1.807) is 60.7 Å². The van der Waals surface area contributed by atoms with Crippen molar-refractivity contribution < 1.29 is 61.8 Å². The average molecular weight is 937 g/mol. The molecular formula is C56H56O13. The van der Waals surface area contributed by atoms with Crippen molar-refractivity contribution in [2.24, 2.45) is 0 Å². The lowest BCUT2D eigenvalue weighted by molar-refractivity contribution is -0.348. The molecule has 69 heavy (non-hydrogen) atoms. The van der Waals surface area contributed by atoms with Crippen molar-refractivity contribution in [2.75, 3.05) is 19.8 Å². The maximum atomic E-state index is 14.0. The lowest BCUT2D eigenvalue weighted by Crippen LogP contribution is -2.65. The van der Waals surface area contributed by atoms with Gasteiger partial charge in [0.05, 0.1) is 50.8 Å². The second kappa shape index (κ2) is 25.2. The zero-order valence-electron chi connectivity index (χ0n) is 38.3. The predicted octanol–water partition coefficient (Wildman–Crippen LogP) is 8.48. The molecule has 13 heteroatoms. The van der Waals surface area contributed by atoms with Gasteiger partial charge in [0.15, 0.2) is 18.5 Å². The van der Waals surface area contributed by atoms with Gasteiger partial charge < -0.3 is 47.4 Å². The molecule has 0 radical (unpaired) electrons. The Morgan fingerprint density at radius 3 is 1.42 bits per heavy atom. The Bertz CT molecular complexity index is 2460. The van der Waals surface area contributed by atoms with Crippen molar-refractivity contribution >= 4 is 17.9 Å². The Balaban J connectivity index is 1.14. The van der Waals surface area contributed by atoms with E-state index in [1.165, 1.54) is 6.92 Å². The molecule has 0 aliphatic carbocycles. The molecule has 0 saturated carbocycles. The molecule has 2 fully saturated rings. The third-order valence-corrected chi connectivity index (χ3v) is 11.6. The van der Waals surface area contributed by atoms with Crippen LogP contribution in [0.4, 0.5) is 0 Å². The summed E-state index contributed by atoms with van der Waals surface area (Å²) in [6.07, 6.45) is -9.45. The summed E-state index contributed by atoms with van der Waals surface area (Å²) in [4.78, 5) is 40.4. The van der Waals surface area contributed by atoms with Crippen LogP contribution in [-0.2, 0) is 78.6 Å². The molecule has 2 saturated heterocycles. The molecular weight excluding hydrogens is 881 g/mol. The molecule has 0 N–H and O–H groups in total. The molecule has 358 valence electrons. The van der Waals surface area contributed by atoms with Gasteiger partial charge in [0.25, 0.3) is 0 Å². The second-order valence-electron chi connectivity index (χ2n) is 16.6. The number of hydrogen-bond acceptors (Lipinski definition) is 13. The highest BCUT2D eigenvalue weighted by Crippen LogP contribution is 2.35. The largest absolute Gasteiger partial charge is 0.459 e. The third kappa shape index (κ3) is 14.0. The summed E-state index contributed by atoms with van der Waals surface area (Å²) < 4.78 is 65.1. The van der Waals surface area contributed by atoms with Crippen LogP contribution in [0.25, 0.3) is 0 Å². The minimum atomic E-state index is -1.27. The van der Waals surface area contributed by atoms with Crippen molar-refractivity contribution in [2.45, 2.75) is 88.5 Å². The molecule has 0 spiro atoms. The van der Waals surface area contributed by atoms with Crippen molar-refractivity contribution in [3.63, 3.8) is 0 Å². The van der Waals surface area contributed by atoms with Gasteiger partial charge in [-0.25, -0.2) is 9.59 Å². The normalized spacial score (nSPS) is 23.3. The van der Waals surface area contributed by atoms with Crippen molar-refractivity contribution in [1.82, 2.24) is 0 Å². The summed E-state index contributed by atoms with van der Waals surface area (Å²) in [6.45, 7) is 1.54. The molecule has 0 amide bonds. The van der Waals surface area contributed by atoms with E-state index < -0.39 is 73.0 Å². The Morgan fingerprint density at radius 2 is 0.913 bits per heavy atom. The number of ether oxygens (including phenoxy) is 10. The second-order valence-corrected chi connectivity index (χ2v) is 16.6. The highest BCUT2D eigenvalue weighted by Gasteiger charge is 2.53. The molecule has 0 bridgehead atoms. The fourth-order valence-electron chi connectivity index (χ4n) is 8.18. The first-order valence-corrected chi connectivity index (χ1v) is 23.0. The third-order valence-electron chi connectivity index (χ3n) is 11.6. The van der Waals surface area contributed by atoms with Gasteiger partial charge in [-0.05, 0) is 46.5 Å². The summed E-state index contributed by atoms with van der Waals surface area (Å²) >= 11 is 0. The minimum absolute atomic E-state index is 0.0126. The number of carbonyl (C=O) groups is 3. The summed E-state index contributed by atoms with van der Waals surface area (Å²) in [6, 6.07) is 55.5. The van der Waals surface area contributed by atoms with Crippen LogP contribution in [0.15, 0.2) is 182 Å².